The van der Waals surface area contributed by atoms with E-state index in [4.69, 9.17) is 0 Å². The predicted molar refractivity (Wildman–Crippen MR) is 110 cm³/mol. The fourth-order valence-corrected chi connectivity index (χ4v) is 4.31. The van der Waals surface area contributed by atoms with Crippen LogP contribution in [-0.2, 0) is 37.1 Å². The molecule has 1 amide bonds. The van der Waals surface area contributed by atoms with Crippen LogP contribution in [0.25, 0.3) is 0 Å². The fraction of sp³-hybridized carbons (Fsp3) is 0.458. The first-order valence-electron chi connectivity index (χ1n) is 10.4. The van der Waals surface area contributed by atoms with Gasteiger partial charge in [-0.25, -0.2) is 0 Å². The number of fused-ring (bicyclic) bond motifs is 1. The molecule has 1 aliphatic heterocycles. The van der Waals surface area contributed by atoms with Crippen LogP contribution in [0.2, 0.25) is 0 Å². The molecular formula is C24H30N2O. The minimum absolute atomic E-state index is 0.104. The topological polar surface area (TPSA) is 32.3 Å². The third kappa shape index (κ3) is 4.98. The number of rotatable bonds is 6. The van der Waals surface area contributed by atoms with Crippen molar-refractivity contribution >= 4 is 5.91 Å². The highest BCUT2D eigenvalue weighted by atomic mass is 16.1. The predicted octanol–water partition coefficient (Wildman–Crippen LogP) is 4.02. The minimum atomic E-state index is 0.104. The quantitative estimate of drug-likeness (QED) is 0.842. The molecule has 2 aromatic carbocycles. The molecule has 0 saturated carbocycles. The van der Waals surface area contributed by atoms with Gasteiger partial charge in [-0.15, -0.1) is 0 Å². The van der Waals surface area contributed by atoms with E-state index in [9.17, 15) is 4.79 Å². The van der Waals surface area contributed by atoms with Gasteiger partial charge in [0.05, 0.1) is 6.42 Å². The van der Waals surface area contributed by atoms with Gasteiger partial charge in [0.2, 0.25) is 5.91 Å². The van der Waals surface area contributed by atoms with Crippen LogP contribution < -0.4 is 5.32 Å². The van der Waals surface area contributed by atoms with E-state index in [-0.39, 0.29) is 5.91 Å². The molecule has 1 heterocycles. The molecule has 3 nitrogen and oxygen atoms in total. The van der Waals surface area contributed by atoms with Crippen LogP contribution in [0, 0.1) is 0 Å². The number of nitrogens with zero attached hydrogens (tertiary/aromatic N) is 1. The lowest BCUT2D eigenvalue weighted by atomic mass is 9.90. The Morgan fingerprint density at radius 1 is 0.815 bits per heavy atom. The summed E-state index contributed by atoms with van der Waals surface area (Å²) in [7, 11) is 0. The van der Waals surface area contributed by atoms with Gasteiger partial charge in [0.25, 0.3) is 0 Å². The number of hydrogen-bond donors (Lipinski definition) is 1. The van der Waals surface area contributed by atoms with Crippen LogP contribution >= 0.6 is 0 Å². The highest BCUT2D eigenvalue weighted by Gasteiger charge is 2.12. The van der Waals surface area contributed by atoms with E-state index < -0.39 is 0 Å². The van der Waals surface area contributed by atoms with Crippen LogP contribution in [-0.4, -0.2) is 23.9 Å². The number of carbonyl (C=O) groups excluding carboxylic acids is 1. The van der Waals surface area contributed by atoms with Crippen molar-refractivity contribution in [2.75, 3.05) is 13.1 Å². The molecule has 0 radical (unpaired) electrons. The number of likely N-dealkylation sites (tertiary alicyclic amines) is 1. The molecule has 2 aromatic rings. The lowest BCUT2D eigenvalue weighted by Crippen LogP contribution is -2.24. The molecule has 27 heavy (non-hydrogen) atoms. The Kier molecular flexibility index (Phi) is 5.88. The van der Waals surface area contributed by atoms with Crippen LogP contribution in [0.5, 0.6) is 0 Å². The molecule has 3 heteroatoms. The molecule has 0 bridgehead atoms. The van der Waals surface area contributed by atoms with Crippen LogP contribution in [0.3, 0.4) is 0 Å². The molecule has 1 N–H and O–H groups in total. The lowest BCUT2D eigenvalue weighted by molar-refractivity contribution is -0.120. The van der Waals surface area contributed by atoms with Crippen molar-refractivity contribution in [1.29, 1.82) is 0 Å². The molecule has 4 rings (SSSR count). The molecular weight excluding hydrogens is 332 g/mol. The zero-order valence-electron chi connectivity index (χ0n) is 16.2. The van der Waals surface area contributed by atoms with E-state index in [1.807, 2.05) is 0 Å². The van der Waals surface area contributed by atoms with Crippen LogP contribution in [0.1, 0.15) is 53.5 Å². The maximum Gasteiger partial charge on any atom is 0.224 e. The van der Waals surface area contributed by atoms with Gasteiger partial charge in [-0.1, -0.05) is 42.5 Å². The summed E-state index contributed by atoms with van der Waals surface area (Å²) in [5, 5.41) is 3.07. The van der Waals surface area contributed by atoms with Gasteiger partial charge in [-0.3, -0.25) is 9.69 Å². The summed E-state index contributed by atoms with van der Waals surface area (Å²) in [6, 6.07) is 15.3. The molecule has 0 unspecified atom stereocenters. The van der Waals surface area contributed by atoms with Crippen molar-refractivity contribution in [2.24, 2.45) is 0 Å². The van der Waals surface area contributed by atoms with E-state index >= 15 is 0 Å². The number of aryl methyl sites for hydroxylation is 2. The van der Waals surface area contributed by atoms with Gasteiger partial charge < -0.3 is 5.32 Å². The van der Waals surface area contributed by atoms with Gasteiger partial charge in [0, 0.05) is 13.1 Å². The smallest absolute Gasteiger partial charge is 0.224 e. The largest absolute Gasteiger partial charge is 0.352 e. The Labute approximate surface area is 162 Å². The van der Waals surface area contributed by atoms with Crippen LogP contribution in [0.15, 0.2) is 42.5 Å². The van der Waals surface area contributed by atoms with Crippen molar-refractivity contribution in [3.63, 3.8) is 0 Å². The number of hydrogen-bond acceptors (Lipinski definition) is 2. The van der Waals surface area contributed by atoms with E-state index in [1.165, 1.54) is 67.4 Å². The first-order valence-corrected chi connectivity index (χ1v) is 10.4. The maximum absolute atomic E-state index is 12.3. The van der Waals surface area contributed by atoms with Crippen molar-refractivity contribution in [2.45, 2.75) is 58.0 Å². The third-order valence-corrected chi connectivity index (χ3v) is 5.90. The summed E-state index contributed by atoms with van der Waals surface area (Å²) in [6.07, 6.45) is 8.05. The van der Waals surface area contributed by atoms with Crippen LogP contribution in [0.4, 0.5) is 0 Å². The van der Waals surface area contributed by atoms with Gasteiger partial charge in [0.1, 0.15) is 0 Å². The molecule has 2 aliphatic rings. The number of amides is 1. The van der Waals surface area contributed by atoms with Crippen molar-refractivity contribution < 1.29 is 4.79 Å². The molecule has 1 fully saturated rings. The zero-order chi connectivity index (χ0) is 18.5. The molecule has 0 spiro atoms. The molecule has 1 saturated heterocycles. The number of benzene rings is 2. The summed E-state index contributed by atoms with van der Waals surface area (Å²) in [5.74, 6) is 0.104. The van der Waals surface area contributed by atoms with Crippen molar-refractivity contribution in [3.8, 4) is 0 Å². The Bertz CT molecular complexity index is 775. The minimum Gasteiger partial charge on any atom is -0.352 e. The first-order chi connectivity index (χ1) is 13.3. The van der Waals surface area contributed by atoms with Gasteiger partial charge >= 0.3 is 0 Å². The van der Waals surface area contributed by atoms with E-state index in [0.29, 0.717) is 13.0 Å². The van der Waals surface area contributed by atoms with Crippen molar-refractivity contribution in [1.82, 2.24) is 10.2 Å². The summed E-state index contributed by atoms with van der Waals surface area (Å²) in [5.41, 5.74) is 6.58. The number of carbonyl (C=O) groups is 1. The second-order valence-electron chi connectivity index (χ2n) is 8.06. The monoisotopic (exact) mass is 362 g/mol. The molecule has 0 aromatic heterocycles. The fourth-order valence-electron chi connectivity index (χ4n) is 4.31. The standard InChI is InChI=1S/C24H30N2O/c27-24(16-21-11-12-22-5-1-2-6-23(22)15-21)25-17-19-7-9-20(10-8-19)18-26-13-3-4-14-26/h7-12,15H,1-6,13-14,16-18H2,(H,25,27). The summed E-state index contributed by atoms with van der Waals surface area (Å²) >= 11 is 0. The zero-order valence-corrected chi connectivity index (χ0v) is 16.2. The maximum atomic E-state index is 12.3. The van der Waals surface area contributed by atoms with E-state index in [2.05, 4.69) is 52.7 Å². The normalized spacial score (nSPS) is 16.9. The molecule has 0 atom stereocenters. The summed E-state index contributed by atoms with van der Waals surface area (Å²) in [6.45, 7) is 4.10. The second-order valence-corrected chi connectivity index (χ2v) is 8.06. The van der Waals surface area contributed by atoms with Gasteiger partial charge in [0.15, 0.2) is 0 Å². The van der Waals surface area contributed by atoms with E-state index in [1.54, 1.807) is 0 Å². The average Bonchev–Trinajstić information content (AvgIpc) is 3.20. The average molecular weight is 363 g/mol. The summed E-state index contributed by atoms with van der Waals surface area (Å²) < 4.78 is 0. The third-order valence-electron chi connectivity index (χ3n) is 5.90. The number of nitrogens with one attached hydrogen (secondary N) is 1. The van der Waals surface area contributed by atoms with Gasteiger partial charge in [-0.2, -0.15) is 0 Å². The SMILES string of the molecule is O=C(Cc1ccc2c(c1)CCCC2)NCc1ccc(CN2CCCC2)cc1. The van der Waals surface area contributed by atoms with E-state index in [0.717, 1.165) is 18.5 Å². The first kappa shape index (κ1) is 18.2. The highest BCUT2D eigenvalue weighted by molar-refractivity contribution is 5.78. The Morgan fingerprint density at radius 2 is 1.48 bits per heavy atom. The Balaban J connectivity index is 1.26. The van der Waals surface area contributed by atoms with Crippen molar-refractivity contribution in [3.05, 3.63) is 70.3 Å². The molecule has 1 aliphatic carbocycles. The lowest BCUT2D eigenvalue weighted by Gasteiger charge is -2.16. The second kappa shape index (κ2) is 8.71. The van der Waals surface area contributed by atoms with Gasteiger partial charge in [-0.05, 0) is 79.4 Å². The Morgan fingerprint density at radius 3 is 2.26 bits per heavy atom. The summed E-state index contributed by atoms with van der Waals surface area (Å²) in [4.78, 5) is 14.8. The highest BCUT2D eigenvalue weighted by Crippen LogP contribution is 2.22. The Hall–Kier alpha value is -2.13. The molecule has 142 valence electrons.